The molecule has 1 aromatic rings. The van der Waals surface area contributed by atoms with Gasteiger partial charge in [-0.25, -0.2) is 4.39 Å². The summed E-state index contributed by atoms with van der Waals surface area (Å²) in [6.45, 7) is 2.59. The number of hydrogen-bond acceptors (Lipinski definition) is 3. The van der Waals surface area contributed by atoms with Crippen molar-refractivity contribution < 1.29 is 8.60 Å². The summed E-state index contributed by atoms with van der Waals surface area (Å²) >= 11 is 3.11. The Kier molecular flexibility index (Phi) is 5.39. The van der Waals surface area contributed by atoms with Crippen LogP contribution >= 0.6 is 15.9 Å². The van der Waals surface area contributed by atoms with Gasteiger partial charge < -0.3 is 11.1 Å². The van der Waals surface area contributed by atoms with Crippen LogP contribution in [0, 0.1) is 5.82 Å². The molecule has 0 aliphatic rings. The van der Waals surface area contributed by atoms with E-state index in [-0.39, 0.29) is 11.1 Å². The Morgan fingerprint density at radius 2 is 2.24 bits per heavy atom. The van der Waals surface area contributed by atoms with Crippen LogP contribution in [0.4, 0.5) is 15.8 Å². The maximum atomic E-state index is 13.1. The third kappa shape index (κ3) is 4.27. The molecular weight excluding hydrogens is 307 g/mol. The van der Waals surface area contributed by atoms with Crippen molar-refractivity contribution >= 4 is 38.1 Å². The molecule has 0 spiro atoms. The van der Waals surface area contributed by atoms with E-state index >= 15 is 0 Å². The standard InChI is InChI=1S/C11H16BrFN2OS/c1-7(17(2)16)3-4-15-11-5-8(12)9(13)6-10(11)14/h5-7,15H,3-4,14H2,1-2H3. The molecule has 2 unspecified atom stereocenters. The van der Waals surface area contributed by atoms with Crippen molar-refractivity contribution in [2.45, 2.75) is 18.6 Å². The predicted molar refractivity (Wildman–Crippen MR) is 75.1 cm³/mol. The van der Waals surface area contributed by atoms with Crippen molar-refractivity contribution in [3.63, 3.8) is 0 Å². The summed E-state index contributed by atoms with van der Waals surface area (Å²) < 4.78 is 24.7. The van der Waals surface area contributed by atoms with E-state index in [1.165, 1.54) is 6.07 Å². The minimum absolute atomic E-state index is 0.132. The van der Waals surface area contributed by atoms with Crippen molar-refractivity contribution in [3.05, 3.63) is 22.4 Å². The second-order valence-corrected chi connectivity index (χ2v) is 6.53. The Hall–Kier alpha value is -0.620. The number of rotatable bonds is 5. The molecule has 0 aliphatic heterocycles. The second kappa shape index (κ2) is 6.35. The zero-order valence-corrected chi connectivity index (χ0v) is 12.2. The van der Waals surface area contributed by atoms with Crippen LogP contribution < -0.4 is 11.1 Å². The first-order chi connectivity index (χ1) is 7.91. The lowest BCUT2D eigenvalue weighted by atomic mass is 10.2. The van der Waals surface area contributed by atoms with E-state index in [1.807, 2.05) is 6.92 Å². The van der Waals surface area contributed by atoms with Crippen LogP contribution in [0.1, 0.15) is 13.3 Å². The van der Waals surface area contributed by atoms with Gasteiger partial charge in [0.2, 0.25) is 0 Å². The van der Waals surface area contributed by atoms with Crippen molar-refractivity contribution in [3.8, 4) is 0 Å². The molecule has 0 heterocycles. The number of nitrogen functional groups attached to an aromatic ring is 1. The zero-order chi connectivity index (χ0) is 13.0. The Morgan fingerprint density at radius 1 is 1.59 bits per heavy atom. The van der Waals surface area contributed by atoms with E-state index in [1.54, 1.807) is 12.3 Å². The van der Waals surface area contributed by atoms with Crippen LogP contribution in [0.15, 0.2) is 16.6 Å². The van der Waals surface area contributed by atoms with E-state index in [2.05, 4.69) is 21.2 Å². The van der Waals surface area contributed by atoms with Crippen LogP contribution in [0.3, 0.4) is 0 Å². The largest absolute Gasteiger partial charge is 0.397 e. The zero-order valence-electron chi connectivity index (χ0n) is 9.80. The molecule has 0 bridgehead atoms. The molecule has 0 amide bonds. The Balaban J connectivity index is 2.58. The normalized spacial score (nSPS) is 14.4. The highest BCUT2D eigenvalue weighted by Crippen LogP contribution is 2.26. The Labute approximate surface area is 112 Å². The molecule has 0 saturated carbocycles. The third-order valence-electron chi connectivity index (χ3n) is 2.53. The molecule has 1 rings (SSSR count). The molecule has 17 heavy (non-hydrogen) atoms. The number of hydrogen-bond donors (Lipinski definition) is 2. The fraction of sp³-hybridized carbons (Fsp3) is 0.455. The van der Waals surface area contributed by atoms with Gasteiger partial charge in [-0.3, -0.25) is 4.21 Å². The highest BCUT2D eigenvalue weighted by atomic mass is 79.9. The molecule has 6 heteroatoms. The van der Waals surface area contributed by atoms with Gasteiger partial charge in [-0.1, -0.05) is 6.92 Å². The first kappa shape index (κ1) is 14.4. The SMILES string of the molecule is CC(CCNc1cc(Br)c(F)cc1N)S(C)=O. The smallest absolute Gasteiger partial charge is 0.139 e. The molecule has 3 nitrogen and oxygen atoms in total. The number of benzene rings is 1. The Morgan fingerprint density at radius 3 is 2.82 bits per heavy atom. The lowest BCUT2D eigenvalue weighted by molar-refractivity contribution is 0.622. The molecule has 0 aromatic heterocycles. The van der Waals surface area contributed by atoms with Gasteiger partial charge in [0.15, 0.2) is 0 Å². The first-order valence-corrected chi connectivity index (χ1v) is 7.64. The van der Waals surface area contributed by atoms with Crippen molar-refractivity contribution in [2.75, 3.05) is 23.9 Å². The first-order valence-electron chi connectivity index (χ1n) is 5.22. The van der Waals surface area contributed by atoms with E-state index in [0.29, 0.717) is 22.4 Å². The fourth-order valence-electron chi connectivity index (χ4n) is 1.29. The molecule has 2 atom stereocenters. The van der Waals surface area contributed by atoms with E-state index in [0.717, 1.165) is 6.42 Å². The molecule has 0 aliphatic carbocycles. The van der Waals surface area contributed by atoms with Gasteiger partial charge in [0.25, 0.3) is 0 Å². The highest BCUT2D eigenvalue weighted by Gasteiger charge is 2.08. The van der Waals surface area contributed by atoms with E-state index in [4.69, 9.17) is 5.73 Å². The van der Waals surface area contributed by atoms with Crippen molar-refractivity contribution in [2.24, 2.45) is 0 Å². The van der Waals surface area contributed by atoms with E-state index < -0.39 is 10.8 Å². The molecule has 0 radical (unpaired) electrons. The maximum absolute atomic E-state index is 13.1. The summed E-state index contributed by atoms with van der Waals surface area (Å²) in [5, 5.41) is 3.24. The van der Waals surface area contributed by atoms with E-state index in [9.17, 15) is 8.60 Å². The molecule has 1 aromatic carbocycles. The van der Waals surface area contributed by atoms with Crippen LogP contribution in [-0.4, -0.2) is 22.3 Å². The molecular formula is C11H16BrFN2OS. The van der Waals surface area contributed by atoms with Gasteiger partial charge >= 0.3 is 0 Å². The van der Waals surface area contributed by atoms with Gasteiger partial charge in [-0.2, -0.15) is 0 Å². The number of nitrogens with two attached hydrogens (primary N) is 1. The van der Waals surface area contributed by atoms with Crippen LogP contribution in [0.5, 0.6) is 0 Å². The summed E-state index contributed by atoms with van der Waals surface area (Å²) in [7, 11) is -0.822. The Bertz CT molecular complexity index is 428. The maximum Gasteiger partial charge on any atom is 0.139 e. The minimum Gasteiger partial charge on any atom is -0.397 e. The number of halogens is 2. The lowest BCUT2D eigenvalue weighted by Crippen LogP contribution is -2.15. The summed E-state index contributed by atoms with van der Waals surface area (Å²) in [5.41, 5.74) is 6.74. The second-order valence-electron chi connectivity index (χ2n) is 3.88. The molecule has 0 fully saturated rings. The van der Waals surface area contributed by atoms with Gasteiger partial charge in [0.1, 0.15) is 5.82 Å². The van der Waals surface area contributed by atoms with Gasteiger partial charge in [-0.05, 0) is 28.4 Å². The predicted octanol–water partition coefficient (Wildman–Crippen LogP) is 2.74. The van der Waals surface area contributed by atoms with Gasteiger partial charge in [0, 0.05) is 34.9 Å². The number of nitrogens with one attached hydrogen (secondary N) is 1. The number of anilines is 2. The van der Waals surface area contributed by atoms with Crippen molar-refractivity contribution in [1.29, 1.82) is 0 Å². The summed E-state index contributed by atoms with van der Waals surface area (Å²) in [6.07, 6.45) is 2.46. The van der Waals surface area contributed by atoms with Gasteiger partial charge in [-0.15, -0.1) is 0 Å². The molecule has 0 saturated heterocycles. The lowest BCUT2D eigenvalue weighted by Gasteiger charge is -2.12. The monoisotopic (exact) mass is 322 g/mol. The molecule has 3 N–H and O–H groups in total. The minimum atomic E-state index is -0.822. The average Bonchev–Trinajstić information content (AvgIpc) is 2.25. The third-order valence-corrected chi connectivity index (χ3v) is 4.50. The topological polar surface area (TPSA) is 55.1 Å². The van der Waals surface area contributed by atoms with Crippen molar-refractivity contribution in [1.82, 2.24) is 0 Å². The van der Waals surface area contributed by atoms with Gasteiger partial charge in [0.05, 0.1) is 15.8 Å². The van der Waals surface area contributed by atoms with Crippen LogP contribution in [-0.2, 0) is 10.8 Å². The summed E-state index contributed by atoms with van der Waals surface area (Å²) in [4.78, 5) is 0. The summed E-state index contributed by atoms with van der Waals surface area (Å²) in [5.74, 6) is -0.379. The van der Waals surface area contributed by atoms with Crippen LogP contribution in [0.25, 0.3) is 0 Å². The quantitative estimate of drug-likeness (QED) is 0.819. The summed E-state index contributed by atoms with van der Waals surface area (Å²) in [6, 6.07) is 2.88. The fourth-order valence-corrected chi connectivity index (χ4v) is 2.08. The van der Waals surface area contributed by atoms with Crippen LogP contribution in [0.2, 0.25) is 0 Å². The molecule has 96 valence electrons. The average molecular weight is 323 g/mol. The highest BCUT2D eigenvalue weighted by molar-refractivity contribution is 9.10.